The molecule has 3 heteroatoms. The van der Waals surface area contributed by atoms with Crippen LogP contribution in [0.5, 0.6) is 0 Å². The Labute approximate surface area is 54.6 Å². The van der Waals surface area contributed by atoms with E-state index in [9.17, 15) is 0 Å². The molecule has 0 rings (SSSR count). The van der Waals surface area contributed by atoms with Crippen LogP contribution < -0.4 is 0 Å². The highest BCUT2D eigenvalue weighted by molar-refractivity contribution is 7.98. The van der Waals surface area contributed by atoms with E-state index < -0.39 is 0 Å². The van der Waals surface area contributed by atoms with Crippen LogP contribution in [0.2, 0.25) is 0 Å². The molecule has 0 aromatic carbocycles. The molecule has 0 bridgehead atoms. The molecule has 1 nitrogen and oxygen atoms in total. The molecule has 7 heavy (non-hydrogen) atoms. The van der Waals surface area contributed by atoms with Crippen molar-refractivity contribution in [3.8, 4) is 0 Å². The lowest BCUT2D eigenvalue weighted by Crippen LogP contribution is -1.25. The van der Waals surface area contributed by atoms with Gasteiger partial charge in [0, 0.05) is 0 Å². The second-order valence-electron chi connectivity index (χ2n) is 0.816. The first-order valence-corrected chi connectivity index (χ1v) is 4.90. The Morgan fingerprint density at radius 3 is 0.714 bits per heavy atom. The first-order chi connectivity index (χ1) is 2.83. The van der Waals surface area contributed by atoms with Crippen LogP contribution in [0.4, 0.5) is 0 Å². The van der Waals surface area contributed by atoms with E-state index >= 15 is 0 Å². The number of rotatable bonds is 0. The Kier molecular flexibility index (Phi) is 67.4. The normalized spacial score (nSPS) is 5.14. The van der Waals surface area contributed by atoms with Crippen LogP contribution in [-0.4, -0.2) is 30.5 Å². The van der Waals surface area contributed by atoms with E-state index in [0.29, 0.717) is 0 Å². The third-order valence-corrected chi connectivity index (χ3v) is 0. The standard InChI is InChI=1S/2C2H6S.H2O/c2*1-3-2;/h2*1-2H3;1H2. The van der Waals surface area contributed by atoms with Gasteiger partial charge in [0.25, 0.3) is 0 Å². The van der Waals surface area contributed by atoms with Crippen LogP contribution in [0.1, 0.15) is 0 Å². The predicted octanol–water partition coefficient (Wildman–Crippen LogP) is 1.13. The summed E-state index contributed by atoms with van der Waals surface area (Å²) in [5, 5.41) is 0. The fourth-order valence-electron chi connectivity index (χ4n) is 0. The maximum Gasteiger partial charge on any atom is -0.0187 e. The van der Waals surface area contributed by atoms with E-state index in [4.69, 9.17) is 0 Å². The molecule has 0 fully saturated rings. The summed E-state index contributed by atoms with van der Waals surface area (Å²) < 4.78 is 0. The van der Waals surface area contributed by atoms with Crippen molar-refractivity contribution in [2.45, 2.75) is 0 Å². The van der Waals surface area contributed by atoms with Gasteiger partial charge in [0.1, 0.15) is 0 Å². The summed E-state index contributed by atoms with van der Waals surface area (Å²) in [5.74, 6) is 0. The summed E-state index contributed by atoms with van der Waals surface area (Å²) in [6, 6.07) is 0. The molecule has 0 aromatic heterocycles. The first-order valence-electron chi connectivity index (χ1n) is 1.63. The lowest BCUT2D eigenvalue weighted by Gasteiger charge is -1.51. The van der Waals surface area contributed by atoms with Crippen LogP contribution in [0.3, 0.4) is 0 Å². The van der Waals surface area contributed by atoms with Crippen LogP contribution >= 0.6 is 23.5 Å². The fraction of sp³-hybridized carbons (Fsp3) is 1.00. The largest absolute Gasteiger partial charge is 0.412 e. The highest BCUT2D eigenvalue weighted by Gasteiger charge is 1.33. The van der Waals surface area contributed by atoms with Crippen LogP contribution in [0, 0.1) is 0 Å². The Bertz CT molecular complexity index is 11.7. The average Bonchev–Trinajstić information content (AvgIpc) is 1.39. The van der Waals surface area contributed by atoms with Gasteiger partial charge in [-0.2, -0.15) is 23.5 Å². The molecule has 0 radical (unpaired) electrons. The van der Waals surface area contributed by atoms with E-state index in [1.54, 1.807) is 23.5 Å². The predicted molar refractivity (Wildman–Crippen MR) is 42.5 cm³/mol. The van der Waals surface area contributed by atoms with Crippen molar-refractivity contribution in [3.05, 3.63) is 0 Å². The minimum Gasteiger partial charge on any atom is -0.412 e. The summed E-state index contributed by atoms with van der Waals surface area (Å²) in [5.41, 5.74) is 0. The molecular weight excluding hydrogens is 128 g/mol. The van der Waals surface area contributed by atoms with Gasteiger partial charge in [0.2, 0.25) is 0 Å². The molecule has 48 valence electrons. The smallest absolute Gasteiger partial charge is 0.0187 e. The SMILES string of the molecule is CSC.CSC.O. The first kappa shape index (κ1) is 15.6. The van der Waals surface area contributed by atoms with Gasteiger partial charge in [-0.05, 0) is 25.0 Å². The van der Waals surface area contributed by atoms with Gasteiger partial charge in [-0.15, -0.1) is 0 Å². The van der Waals surface area contributed by atoms with E-state index in [2.05, 4.69) is 0 Å². The van der Waals surface area contributed by atoms with Gasteiger partial charge < -0.3 is 5.48 Å². The van der Waals surface area contributed by atoms with E-state index in [1.165, 1.54) is 0 Å². The molecule has 0 aliphatic rings. The highest BCUT2D eigenvalue weighted by atomic mass is 32.2. The third kappa shape index (κ3) is 332. The summed E-state index contributed by atoms with van der Waals surface area (Å²) >= 11 is 3.50. The molecule has 0 saturated heterocycles. The van der Waals surface area contributed by atoms with Crippen molar-refractivity contribution in [1.82, 2.24) is 0 Å². The topological polar surface area (TPSA) is 31.5 Å². The second kappa shape index (κ2) is 30.2. The lowest BCUT2D eigenvalue weighted by atomic mass is 11.9. The Morgan fingerprint density at radius 2 is 0.714 bits per heavy atom. The van der Waals surface area contributed by atoms with Crippen LogP contribution in [-0.2, 0) is 0 Å². The van der Waals surface area contributed by atoms with Crippen molar-refractivity contribution in [2.24, 2.45) is 0 Å². The Hall–Kier alpha value is 0.660. The zero-order chi connectivity index (χ0) is 5.41. The number of thioether (sulfide) groups is 2. The molecule has 0 aliphatic carbocycles. The van der Waals surface area contributed by atoms with Crippen molar-refractivity contribution in [1.29, 1.82) is 0 Å². The van der Waals surface area contributed by atoms with Gasteiger partial charge in [0.05, 0.1) is 0 Å². The third-order valence-electron chi connectivity index (χ3n) is 0. The van der Waals surface area contributed by atoms with E-state index in [0.717, 1.165) is 0 Å². The van der Waals surface area contributed by atoms with Crippen molar-refractivity contribution < 1.29 is 5.48 Å². The van der Waals surface area contributed by atoms with Gasteiger partial charge in [-0.1, -0.05) is 0 Å². The quantitative estimate of drug-likeness (QED) is 0.508. The Balaban J connectivity index is -0.0000000400. The molecule has 0 amide bonds. The van der Waals surface area contributed by atoms with Crippen molar-refractivity contribution >= 4 is 23.5 Å². The molecule has 0 heterocycles. The maximum absolute atomic E-state index is 2.04. The zero-order valence-electron chi connectivity index (χ0n) is 5.32. The minimum absolute atomic E-state index is 0. The fourth-order valence-corrected chi connectivity index (χ4v) is 0. The van der Waals surface area contributed by atoms with Gasteiger partial charge >= 0.3 is 0 Å². The molecular formula is C4H14OS2. The number of hydrogen-bond donors (Lipinski definition) is 0. The molecule has 0 atom stereocenters. The highest BCUT2D eigenvalue weighted by Crippen LogP contribution is 1.70. The van der Waals surface area contributed by atoms with Crippen LogP contribution in [0.15, 0.2) is 0 Å². The van der Waals surface area contributed by atoms with E-state index in [-0.39, 0.29) is 5.48 Å². The second-order valence-corrected chi connectivity index (χ2v) is 2.45. The molecule has 0 spiro atoms. The Morgan fingerprint density at radius 1 is 0.714 bits per heavy atom. The van der Waals surface area contributed by atoms with Gasteiger partial charge in [-0.25, -0.2) is 0 Å². The van der Waals surface area contributed by atoms with E-state index in [1.807, 2.05) is 25.0 Å². The monoisotopic (exact) mass is 142 g/mol. The van der Waals surface area contributed by atoms with Crippen molar-refractivity contribution in [3.63, 3.8) is 0 Å². The van der Waals surface area contributed by atoms with Crippen LogP contribution in [0.25, 0.3) is 0 Å². The molecule has 0 unspecified atom stereocenters. The average molecular weight is 142 g/mol. The minimum atomic E-state index is 0. The molecule has 0 aromatic rings. The summed E-state index contributed by atoms with van der Waals surface area (Å²) in [6.07, 6.45) is 8.17. The molecule has 0 saturated carbocycles. The summed E-state index contributed by atoms with van der Waals surface area (Å²) in [6.45, 7) is 0. The lowest BCUT2D eigenvalue weighted by molar-refractivity contribution is 0.824. The summed E-state index contributed by atoms with van der Waals surface area (Å²) in [4.78, 5) is 0. The molecule has 2 N–H and O–H groups in total. The van der Waals surface area contributed by atoms with Crippen molar-refractivity contribution in [2.75, 3.05) is 25.0 Å². The van der Waals surface area contributed by atoms with Gasteiger partial charge in [-0.3, -0.25) is 0 Å². The number of hydrogen-bond acceptors (Lipinski definition) is 2. The van der Waals surface area contributed by atoms with Gasteiger partial charge in [0.15, 0.2) is 0 Å². The zero-order valence-corrected chi connectivity index (χ0v) is 6.95. The maximum atomic E-state index is 2.04. The molecule has 0 aliphatic heterocycles. The summed E-state index contributed by atoms with van der Waals surface area (Å²) in [7, 11) is 0.